The van der Waals surface area contributed by atoms with Crippen LogP contribution in [0.1, 0.15) is 33.6 Å². The maximum atomic E-state index is 6.94. The second-order valence-corrected chi connectivity index (χ2v) is 3.60. The van der Waals surface area contributed by atoms with Crippen LogP contribution in [0.25, 0.3) is 0 Å². The number of hydrogen-bond acceptors (Lipinski definition) is 2. The largest absolute Gasteiger partial charge is 0.370 e. The van der Waals surface area contributed by atoms with Gasteiger partial charge in [-0.1, -0.05) is 13.3 Å². The molecule has 0 heterocycles. The van der Waals surface area contributed by atoms with Gasteiger partial charge < -0.3 is 11.5 Å². The number of nitrogens with two attached hydrogens (primary N) is 2. The fourth-order valence-electron chi connectivity index (χ4n) is 1.16. The minimum Gasteiger partial charge on any atom is -0.370 e. The SMILES string of the molecule is CCCC(C)(C)N=C(N)NC(=N)N. The van der Waals surface area contributed by atoms with Gasteiger partial charge in [0, 0.05) is 0 Å². The Hall–Kier alpha value is -1.26. The lowest BCUT2D eigenvalue weighted by Gasteiger charge is -2.19. The van der Waals surface area contributed by atoms with Crippen molar-refractivity contribution < 1.29 is 0 Å². The van der Waals surface area contributed by atoms with Gasteiger partial charge in [0.15, 0.2) is 11.9 Å². The molecule has 0 saturated carbocycles. The molecule has 0 unspecified atom stereocenters. The average molecular weight is 185 g/mol. The van der Waals surface area contributed by atoms with Crippen LogP contribution in [-0.2, 0) is 0 Å². The van der Waals surface area contributed by atoms with Gasteiger partial charge in [-0.25, -0.2) is 4.99 Å². The van der Waals surface area contributed by atoms with Crippen molar-refractivity contribution in [2.45, 2.75) is 39.2 Å². The minimum absolute atomic E-state index is 0.187. The molecule has 0 bridgehead atoms. The second kappa shape index (κ2) is 4.69. The first-order valence-electron chi connectivity index (χ1n) is 4.34. The molecule has 0 radical (unpaired) electrons. The average Bonchev–Trinajstić information content (AvgIpc) is 1.81. The molecule has 0 rings (SSSR count). The van der Waals surface area contributed by atoms with Gasteiger partial charge >= 0.3 is 0 Å². The quantitative estimate of drug-likeness (QED) is 0.377. The lowest BCUT2D eigenvalue weighted by molar-refractivity contribution is 0.472. The molecule has 5 nitrogen and oxygen atoms in total. The van der Waals surface area contributed by atoms with E-state index in [0.717, 1.165) is 12.8 Å². The number of guanidine groups is 2. The zero-order valence-electron chi connectivity index (χ0n) is 8.52. The van der Waals surface area contributed by atoms with Crippen molar-refractivity contribution >= 4 is 11.9 Å². The molecule has 0 aliphatic carbocycles. The smallest absolute Gasteiger partial charge is 0.195 e. The van der Waals surface area contributed by atoms with E-state index in [1.54, 1.807) is 0 Å². The zero-order chi connectivity index (χ0) is 10.5. The third-order valence-corrected chi connectivity index (χ3v) is 1.55. The summed E-state index contributed by atoms with van der Waals surface area (Å²) >= 11 is 0. The summed E-state index contributed by atoms with van der Waals surface area (Å²) in [6.07, 6.45) is 2.00. The summed E-state index contributed by atoms with van der Waals surface area (Å²) in [5.74, 6) is 0.0134. The van der Waals surface area contributed by atoms with Gasteiger partial charge in [0.1, 0.15) is 0 Å². The molecule has 0 aliphatic rings. The van der Waals surface area contributed by atoms with Crippen LogP contribution in [0.15, 0.2) is 4.99 Å². The van der Waals surface area contributed by atoms with Gasteiger partial charge in [-0.2, -0.15) is 0 Å². The first-order valence-corrected chi connectivity index (χ1v) is 4.34. The van der Waals surface area contributed by atoms with E-state index in [4.69, 9.17) is 16.9 Å². The molecule has 6 N–H and O–H groups in total. The first kappa shape index (κ1) is 11.7. The van der Waals surface area contributed by atoms with Crippen molar-refractivity contribution in [2.75, 3.05) is 0 Å². The van der Waals surface area contributed by atoms with Gasteiger partial charge in [-0.05, 0) is 20.3 Å². The lowest BCUT2D eigenvalue weighted by atomic mass is 10.0. The van der Waals surface area contributed by atoms with Crippen LogP contribution in [0, 0.1) is 5.41 Å². The molecule has 5 heteroatoms. The van der Waals surface area contributed by atoms with Crippen LogP contribution in [0.5, 0.6) is 0 Å². The third kappa shape index (κ3) is 5.95. The van der Waals surface area contributed by atoms with Crippen LogP contribution in [0.4, 0.5) is 0 Å². The molecule has 13 heavy (non-hydrogen) atoms. The standard InChI is InChI=1S/C8H19N5/c1-4-5-8(2,3)13-7(11)12-6(9)10/h4-5H2,1-3H3,(H6,9,10,11,12,13). The van der Waals surface area contributed by atoms with E-state index in [-0.39, 0.29) is 17.5 Å². The summed E-state index contributed by atoms with van der Waals surface area (Å²) in [5.41, 5.74) is 10.4. The van der Waals surface area contributed by atoms with Crippen LogP contribution < -0.4 is 16.8 Å². The predicted molar refractivity (Wildman–Crippen MR) is 55.7 cm³/mol. The summed E-state index contributed by atoms with van der Waals surface area (Å²) < 4.78 is 0. The molecule has 76 valence electrons. The predicted octanol–water partition coefficient (Wildman–Crippen LogP) is 0.363. The Morgan fingerprint density at radius 1 is 1.46 bits per heavy atom. The third-order valence-electron chi connectivity index (χ3n) is 1.55. The van der Waals surface area contributed by atoms with Crippen molar-refractivity contribution in [1.29, 1.82) is 5.41 Å². The molecule has 0 aromatic carbocycles. The molecule has 0 saturated heterocycles. The van der Waals surface area contributed by atoms with Gasteiger partial charge in [0.05, 0.1) is 5.54 Å². The van der Waals surface area contributed by atoms with E-state index in [1.807, 2.05) is 13.8 Å². The summed E-state index contributed by atoms with van der Waals surface area (Å²) in [5, 5.41) is 9.39. The summed E-state index contributed by atoms with van der Waals surface area (Å²) in [6, 6.07) is 0. The first-order chi connectivity index (χ1) is 5.87. The number of hydrogen-bond donors (Lipinski definition) is 4. The summed E-state index contributed by atoms with van der Waals surface area (Å²) in [6.45, 7) is 6.07. The van der Waals surface area contributed by atoms with E-state index < -0.39 is 0 Å². The molecular formula is C8H19N5. The highest BCUT2D eigenvalue weighted by Gasteiger charge is 2.15. The monoisotopic (exact) mass is 185 g/mol. The van der Waals surface area contributed by atoms with Crippen LogP contribution in [-0.4, -0.2) is 17.5 Å². The van der Waals surface area contributed by atoms with Gasteiger partial charge in [-0.15, -0.1) is 0 Å². The van der Waals surface area contributed by atoms with Crippen molar-refractivity contribution in [3.8, 4) is 0 Å². The molecule has 0 spiro atoms. The van der Waals surface area contributed by atoms with E-state index >= 15 is 0 Å². The Balaban J connectivity index is 4.26. The van der Waals surface area contributed by atoms with Gasteiger partial charge in [0.25, 0.3) is 0 Å². The van der Waals surface area contributed by atoms with Crippen molar-refractivity contribution in [3.63, 3.8) is 0 Å². The summed E-state index contributed by atoms with van der Waals surface area (Å²) in [4.78, 5) is 4.20. The Morgan fingerprint density at radius 3 is 2.38 bits per heavy atom. The fourth-order valence-corrected chi connectivity index (χ4v) is 1.16. The van der Waals surface area contributed by atoms with Crippen molar-refractivity contribution in [1.82, 2.24) is 5.32 Å². The Morgan fingerprint density at radius 2 is 2.00 bits per heavy atom. The number of rotatable bonds is 3. The highest BCUT2D eigenvalue weighted by molar-refractivity contribution is 5.95. The molecule has 0 aliphatic heterocycles. The van der Waals surface area contributed by atoms with Crippen molar-refractivity contribution in [3.05, 3.63) is 0 Å². The fraction of sp³-hybridized carbons (Fsp3) is 0.750. The molecule has 0 fully saturated rings. The molecule has 0 atom stereocenters. The van der Waals surface area contributed by atoms with Gasteiger partial charge in [-0.3, -0.25) is 10.7 Å². The van der Waals surface area contributed by atoms with Crippen LogP contribution in [0.3, 0.4) is 0 Å². The highest BCUT2D eigenvalue weighted by Crippen LogP contribution is 2.15. The lowest BCUT2D eigenvalue weighted by Crippen LogP contribution is -2.42. The zero-order valence-corrected chi connectivity index (χ0v) is 8.52. The van der Waals surface area contributed by atoms with E-state index in [1.165, 1.54) is 0 Å². The Labute approximate surface area is 79.1 Å². The van der Waals surface area contributed by atoms with Crippen LogP contribution in [0.2, 0.25) is 0 Å². The second-order valence-electron chi connectivity index (χ2n) is 3.60. The highest BCUT2D eigenvalue weighted by atomic mass is 15.2. The molecule has 0 aromatic heterocycles. The van der Waals surface area contributed by atoms with E-state index in [0.29, 0.717) is 0 Å². The van der Waals surface area contributed by atoms with Crippen molar-refractivity contribution in [2.24, 2.45) is 16.5 Å². The van der Waals surface area contributed by atoms with E-state index in [2.05, 4.69) is 17.2 Å². The minimum atomic E-state index is -0.193. The molecule has 0 aromatic rings. The number of aliphatic imine (C=N–C) groups is 1. The molecular weight excluding hydrogens is 166 g/mol. The maximum absolute atomic E-state index is 6.94. The van der Waals surface area contributed by atoms with Crippen LogP contribution >= 0.6 is 0 Å². The molecule has 0 amide bonds. The topological polar surface area (TPSA) is 100 Å². The van der Waals surface area contributed by atoms with E-state index in [9.17, 15) is 0 Å². The Bertz CT molecular complexity index is 207. The number of nitrogens with zero attached hydrogens (tertiary/aromatic N) is 1. The van der Waals surface area contributed by atoms with Gasteiger partial charge in [0.2, 0.25) is 0 Å². The number of nitrogens with one attached hydrogen (secondary N) is 2. The Kier molecular flexibility index (Phi) is 4.23. The maximum Gasteiger partial charge on any atom is 0.195 e. The normalized spacial score (nSPS) is 12.7. The summed E-state index contributed by atoms with van der Waals surface area (Å²) in [7, 11) is 0.